The molecule has 3 amide bonds. The van der Waals surface area contributed by atoms with E-state index in [0.717, 1.165) is 6.07 Å². The van der Waals surface area contributed by atoms with E-state index in [1.807, 2.05) is 0 Å². The van der Waals surface area contributed by atoms with Gasteiger partial charge in [-0.15, -0.1) is 0 Å². The third-order valence-corrected chi connectivity index (χ3v) is 4.55. The van der Waals surface area contributed by atoms with Crippen LogP contribution in [-0.4, -0.2) is 17.7 Å². The van der Waals surface area contributed by atoms with Gasteiger partial charge in [0.1, 0.15) is 11.2 Å². The normalized spacial score (nSPS) is 14.2. The third-order valence-electron chi connectivity index (χ3n) is 4.26. The Labute approximate surface area is 160 Å². The van der Waals surface area contributed by atoms with E-state index >= 15 is 0 Å². The van der Waals surface area contributed by atoms with Gasteiger partial charge in [0.05, 0.1) is 5.02 Å². The Bertz CT molecular complexity index is 911. The zero-order valence-corrected chi connectivity index (χ0v) is 15.2. The van der Waals surface area contributed by atoms with E-state index in [0.29, 0.717) is 29.9 Å². The van der Waals surface area contributed by atoms with Crippen molar-refractivity contribution in [2.24, 2.45) is 5.41 Å². The fraction of sp³-hybridized carbons (Fsp3) is 0.211. The summed E-state index contributed by atoms with van der Waals surface area (Å²) in [5.41, 5.74) is 0.285. The monoisotopic (exact) mass is 389 g/mol. The summed E-state index contributed by atoms with van der Waals surface area (Å²) >= 11 is 5.71. The number of rotatable bonds is 5. The largest absolute Gasteiger partial charge is 0.326 e. The molecule has 1 aliphatic carbocycles. The minimum absolute atomic E-state index is 0.110. The molecule has 0 heterocycles. The number of hydrogen-bond acceptors (Lipinski definition) is 3. The number of nitrogens with one attached hydrogen (secondary N) is 3. The third kappa shape index (κ3) is 4.25. The van der Waals surface area contributed by atoms with Crippen LogP contribution in [0.2, 0.25) is 5.02 Å². The van der Waals surface area contributed by atoms with Crippen molar-refractivity contribution in [3.8, 4) is 0 Å². The highest BCUT2D eigenvalue weighted by Gasteiger charge is 2.56. The first-order valence-electron chi connectivity index (χ1n) is 8.26. The fourth-order valence-corrected chi connectivity index (χ4v) is 2.78. The second-order valence-electron chi connectivity index (χ2n) is 6.38. The molecule has 0 aliphatic heterocycles. The van der Waals surface area contributed by atoms with Crippen molar-refractivity contribution in [3.05, 3.63) is 53.3 Å². The predicted octanol–water partition coefficient (Wildman–Crippen LogP) is 3.79. The standard InChI is InChI=1S/C19H17ClFN3O3/c1-11(25)22-12-2-4-13(5-3-12)23-17(26)19(8-9-19)18(27)24-14-6-7-16(21)15(20)10-14/h2-7,10H,8-9H2,1H3,(H,22,25)(H,23,26)(H,24,27). The highest BCUT2D eigenvalue weighted by Crippen LogP contribution is 2.47. The Balaban J connectivity index is 1.65. The van der Waals surface area contributed by atoms with Gasteiger partial charge >= 0.3 is 0 Å². The lowest BCUT2D eigenvalue weighted by atomic mass is 10.0. The summed E-state index contributed by atoms with van der Waals surface area (Å²) in [4.78, 5) is 36.2. The average Bonchev–Trinajstić information content (AvgIpc) is 3.41. The summed E-state index contributed by atoms with van der Waals surface area (Å²) in [7, 11) is 0. The molecule has 1 aliphatic rings. The first-order valence-corrected chi connectivity index (χ1v) is 8.63. The summed E-state index contributed by atoms with van der Waals surface area (Å²) in [6.45, 7) is 1.40. The van der Waals surface area contributed by atoms with E-state index in [-0.39, 0.29) is 10.9 Å². The van der Waals surface area contributed by atoms with Gasteiger partial charge in [0.25, 0.3) is 0 Å². The highest BCUT2D eigenvalue weighted by atomic mass is 35.5. The number of hydrogen-bond donors (Lipinski definition) is 3. The first kappa shape index (κ1) is 18.8. The van der Waals surface area contributed by atoms with Crippen LogP contribution in [0.25, 0.3) is 0 Å². The van der Waals surface area contributed by atoms with Crippen LogP contribution in [0, 0.1) is 11.2 Å². The average molecular weight is 390 g/mol. The van der Waals surface area contributed by atoms with Crippen molar-refractivity contribution in [2.45, 2.75) is 19.8 Å². The van der Waals surface area contributed by atoms with Crippen LogP contribution in [0.1, 0.15) is 19.8 Å². The second kappa shape index (κ2) is 7.36. The van der Waals surface area contributed by atoms with Crippen molar-refractivity contribution in [3.63, 3.8) is 0 Å². The molecule has 0 radical (unpaired) electrons. The first-order chi connectivity index (χ1) is 12.8. The molecule has 2 aromatic carbocycles. The molecule has 0 saturated heterocycles. The zero-order valence-electron chi connectivity index (χ0n) is 14.4. The molecule has 3 rings (SSSR count). The molecular weight excluding hydrogens is 373 g/mol. The Morgan fingerprint density at radius 3 is 1.85 bits per heavy atom. The summed E-state index contributed by atoms with van der Waals surface area (Å²) in [5, 5.41) is 7.84. The minimum Gasteiger partial charge on any atom is -0.326 e. The lowest BCUT2D eigenvalue weighted by Crippen LogP contribution is -2.35. The van der Waals surface area contributed by atoms with E-state index < -0.39 is 23.0 Å². The van der Waals surface area contributed by atoms with Crippen LogP contribution in [-0.2, 0) is 14.4 Å². The van der Waals surface area contributed by atoms with Gasteiger partial charge in [-0.1, -0.05) is 11.6 Å². The van der Waals surface area contributed by atoms with E-state index in [1.54, 1.807) is 24.3 Å². The van der Waals surface area contributed by atoms with Crippen molar-refractivity contribution >= 4 is 46.4 Å². The summed E-state index contributed by atoms with van der Waals surface area (Å²) in [6.07, 6.45) is 0.840. The van der Waals surface area contributed by atoms with Crippen LogP contribution < -0.4 is 16.0 Å². The molecule has 1 saturated carbocycles. The molecule has 6 nitrogen and oxygen atoms in total. The van der Waals surface area contributed by atoms with E-state index in [2.05, 4.69) is 16.0 Å². The zero-order chi connectivity index (χ0) is 19.6. The molecule has 0 atom stereocenters. The Morgan fingerprint density at radius 2 is 1.37 bits per heavy atom. The smallest absolute Gasteiger partial charge is 0.240 e. The number of anilines is 3. The molecule has 0 aromatic heterocycles. The Morgan fingerprint density at radius 1 is 0.889 bits per heavy atom. The maximum atomic E-state index is 13.2. The quantitative estimate of drug-likeness (QED) is 0.680. The van der Waals surface area contributed by atoms with Gasteiger partial charge in [0.2, 0.25) is 17.7 Å². The number of carbonyl (C=O) groups is 3. The number of halogens is 2. The van der Waals surface area contributed by atoms with Gasteiger partial charge in [-0.2, -0.15) is 0 Å². The number of carbonyl (C=O) groups excluding carboxylic acids is 3. The van der Waals surface area contributed by atoms with Crippen LogP contribution in [0.4, 0.5) is 21.5 Å². The molecule has 1 fully saturated rings. The topological polar surface area (TPSA) is 87.3 Å². The molecule has 0 spiro atoms. The number of amides is 3. The van der Waals surface area contributed by atoms with Gasteiger partial charge < -0.3 is 16.0 Å². The van der Waals surface area contributed by atoms with Crippen molar-refractivity contribution < 1.29 is 18.8 Å². The lowest BCUT2D eigenvalue weighted by molar-refractivity contribution is -0.131. The molecule has 3 N–H and O–H groups in total. The summed E-state index contributed by atoms with van der Waals surface area (Å²) < 4.78 is 13.2. The molecule has 0 unspecified atom stereocenters. The van der Waals surface area contributed by atoms with Crippen molar-refractivity contribution in [1.82, 2.24) is 0 Å². The van der Waals surface area contributed by atoms with E-state index in [4.69, 9.17) is 11.6 Å². The molecular formula is C19H17ClFN3O3. The Hall–Kier alpha value is -2.93. The van der Waals surface area contributed by atoms with Crippen molar-refractivity contribution in [2.75, 3.05) is 16.0 Å². The van der Waals surface area contributed by atoms with Crippen molar-refractivity contribution in [1.29, 1.82) is 0 Å². The lowest BCUT2D eigenvalue weighted by Gasteiger charge is -2.16. The SMILES string of the molecule is CC(=O)Nc1ccc(NC(=O)C2(C(=O)Nc3ccc(F)c(Cl)c3)CC2)cc1. The highest BCUT2D eigenvalue weighted by molar-refractivity contribution is 6.31. The maximum absolute atomic E-state index is 13.2. The van der Waals surface area contributed by atoms with Crippen LogP contribution >= 0.6 is 11.6 Å². The minimum atomic E-state index is -1.16. The van der Waals surface area contributed by atoms with E-state index in [1.165, 1.54) is 19.1 Å². The molecule has 2 aromatic rings. The van der Waals surface area contributed by atoms with Crippen LogP contribution in [0.15, 0.2) is 42.5 Å². The van der Waals surface area contributed by atoms with Crippen LogP contribution in [0.5, 0.6) is 0 Å². The molecule has 27 heavy (non-hydrogen) atoms. The summed E-state index contributed by atoms with van der Waals surface area (Å²) in [5.74, 6) is -1.66. The Kier molecular flexibility index (Phi) is 5.14. The van der Waals surface area contributed by atoms with Gasteiger partial charge in [-0.05, 0) is 55.3 Å². The fourth-order valence-electron chi connectivity index (χ4n) is 2.60. The van der Waals surface area contributed by atoms with Gasteiger partial charge in [0.15, 0.2) is 0 Å². The van der Waals surface area contributed by atoms with E-state index in [9.17, 15) is 18.8 Å². The van der Waals surface area contributed by atoms with Gasteiger partial charge in [-0.25, -0.2) is 4.39 Å². The van der Waals surface area contributed by atoms with Crippen LogP contribution in [0.3, 0.4) is 0 Å². The predicted molar refractivity (Wildman–Crippen MR) is 101 cm³/mol. The molecule has 0 bridgehead atoms. The van der Waals surface area contributed by atoms with Gasteiger partial charge in [-0.3, -0.25) is 14.4 Å². The maximum Gasteiger partial charge on any atom is 0.240 e. The van der Waals surface area contributed by atoms with Gasteiger partial charge in [0, 0.05) is 24.0 Å². The second-order valence-corrected chi connectivity index (χ2v) is 6.78. The molecule has 8 heteroatoms. The number of benzene rings is 2. The molecule has 140 valence electrons. The summed E-state index contributed by atoms with van der Waals surface area (Å²) in [6, 6.07) is 10.4.